The molecule has 1 atom stereocenters. The fourth-order valence-corrected chi connectivity index (χ4v) is 2.30. The molecule has 0 aliphatic heterocycles. The predicted molar refractivity (Wildman–Crippen MR) is 67.9 cm³/mol. The lowest BCUT2D eigenvalue weighted by molar-refractivity contribution is -0.140. The number of carbonyl (C=O) groups is 2. The van der Waals surface area contributed by atoms with Crippen molar-refractivity contribution in [1.29, 1.82) is 0 Å². The van der Waals surface area contributed by atoms with Gasteiger partial charge in [0.1, 0.15) is 5.82 Å². The zero-order valence-electron chi connectivity index (χ0n) is 9.85. The molecule has 0 aromatic heterocycles. The van der Waals surface area contributed by atoms with Gasteiger partial charge in [-0.3, -0.25) is 9.59 Å². The predicted octanol–water partition coefficient (Wildman–Crippen LogP) is 1.88. The zero-order valence-corrected chi connectivity index (χ0v) is 10.7. The maximum absolute atomic E-state index is 13.6. The number of benzene rings is 1. The number of hydrogen-bond acceptors (Lipinski definition) is 3. The third kappa shape index (κ3) is 4.03. The smallest absolute Gasteiger partial charge is 0.307 e. The fraction of sp³-hybridized carbons (Fsp3) is 0.333. The van der Waals surface area contributed by atoms with E-state index in [2.05, 4.69) is 0 Å². The van der Waals surface area contributed by atoms with E-state index in [-0.39, 0.29) is 5.56 Å². The minimum Gasteiger partial charge on any atom is -0.481 e. The van der Waals surface area contributed by atoms with Crippen LogP contribution in [0.2, 0.25) is 0 Å². The van der Waals surface area contributed by atoms with Crippen molar-refractivity contribution in [3.05, 3.63) is 35.1 Å². The van der Waals surface area contributed by atoms with E-state index in [1.54, 1.807) is 6.92 Å². The molecule has 0 saturated heterocycles. The number of thioether (sulfide) groups is 1. The lowest BCUT2D eigenvalue weighted by Crippen LogP contribution is -2.12. The molecule has 18 heavy (non-hydrogen) atoms. The van der Waals surface area contributed by atoms with Gasteiger partial charge in [0.15, 0.2) is 0 Å². The average Bonchev–Trinajstić information content (AvgIpc) is 2.30. The van der Waals surface area contributed by atoms with Crippen molar-refractivity contribution in [2.45, 2.75) is 12.7 Å². The van der Waals surface area contributed by atoms with E-state index >= 15 is 0 Å². The Labute approximate surface area is 108 Å². The number of primary amides is 1. The Hall–Kier alpha value is -1.56. The third-order valence-electron chi connectivity index (χ3n) is 2.38. The number of carboxylic acid groups (broad SMARTS) is 1. The highest BCUT2D eigenvalue weighted by Crippen LogP contribution is 2.19. The van der Waals surface area contributed by atoms with Crippen LogP contribution in [0.5, 0.6) is 0 Å². The van der Waals surface area contributed by atoms with Gasteiger partial charge in [-0.2, -0.15) is 11.8 Å². The summed E-state index contributed by atoms with van der Waals surface area (Å²) < 4.78 is 13.6. The molecule has 98 valence electrons. The molecule has 3 N–H and O–H groups in total. The summed E-state index contributed by atoms with van der Waals surface area (Å²) in [6.45, 7) is 1.60. The Bertz CT molecular complexity index is 465. The first-order valence-corrected chi connectivity index (χ1v) is 6.46. The van der Waals surface area contributed by atoms with Crippen LogP contribution in [0.15, 0.2) is 18.2 Å². The van der Waals surface area contributed by atoms with Crippen LogP contribution < -0.4 is 5.73 Å². The Balaban J connectivity index is 2.58. The molecule has 1 rings (SSSR count). The van der Waals surface area contributed by atoms with Gasteiger partial charge in [0.25, 0.3) is 0 Å². The van der Waals surface area contributed by atoms with Crippen LogP contribution in [-0.2, 0) is 10.5 Å². The van der Waals surface area contributed by atoms with Gasteiger partial charge in [-0.25, -0.2) is 4.39 Å². The Kier molecular flexibility index (Phi) is 5.15. The number of aliphatic carboxylic acids is 1. The maximum atomic E-state index is 13.6. The van der Waals surface area contributed by atoms with E-state index in [0.717, 1.165) is 6.07 Å². The maximum Gasteiger partial charge on any atom is 0.307 e. The number of nitrogens with two attached hydrogens (primary N) is 1. The SMILES string of the molecule is CC(CSCc1ccc(C(N)=O)cc1F)C(=O)O. The summed E-state index contributed by atoms with van der Waals surface area (Å²) in [6.07, 6.45) is 0. The van der Waals surface area contributed by atoms with Crippen LogP contribution in [0, 0.1) is 11.7 Å². The van der Waals surface area contributed by atoms with Crippen LogP contribution in [0.3, 0.4) is 0 Å². The van der Waals surface area contributed by atoms with Crippen molar-refractivity contribution in [1.82, 2.24) is 0 Å². The van der Waals surface area contributed by atoms with Gasteiger partial charge in [-0.15, -0.1) is 0 Å². The van der Waals surface area contributed by atoms with Crippen molar-refractivity contribution in [3.8, 4) is 0 Å². The van der Waals surface area contributed by atoms with Gasteiger partial charge >= 0.3 is 5.97 Å². The van der Waals surface area contributed by atoms with Crippen molar-refractivity contribution in [3.63, 3.8) is 0 Å². The Morgan fingerprint density at radius 2 is 2.17 bits per heavy atom. The average molecular weight is 271 g/mol. The van der Waals surface area contributed by atoms with E-state index in [1.807, 2.05) is 0 Å². The standard InChI is InChI=1S/C12H14FNO3S/c1-7(12(16)17)5-18-6-9-3-2-8(11(14)15)4-10(9)13/h2-4,7H,5-6H2,1H3,(H2,14,15)(H,16,17). The quantitative estimate of drug-likeness (QED) is 0.827. The zero-order chi connectivity index (χ0) is 13.7. The van der Waals surface area contributed by atoms with Gasteiger partial charge in [0.2, 0.25) is 5.91 Å². The second-order valence-corrected chi connectivity index (χ2v) is 4.96. The molecule has 0 aliphatic rings. The Morgan fingerprint density at radius 3 is 2.67 bits per heavy atom. The molecular formula is C12H14FNO3S. The lowest BCUT2D eigenvalue weighted by Gasteiger charge is -2.07. The summed E-state index contributed by atoms with van der Waals surface area (Å²) in [7, 11) is 0. The number of rotatable bonds is 6. The van der Waals surface area contributed by atoms with E-state index in [4.69, 9.17) is 10.8 Å². The normalized spacial score (nSPS) is 12.1. The summed E-state index contributed by atoms with van der Waals surface area (Å²) in [6, 6.07) is 4.05. The fourth-order valence-electron chi connectivity index (χ4n) is 1.23. The molecule has 1 unspecified atom stereocenters. The first-order valence-electron chi connectivity index (χ1n) is 5.30. The molecule has 0 aliphatic carbocycles. The third-order valence-corrected chi connectivity index (χ3v) is 3.64. The van der Waals surface area contributed by atoms with Crippen molar-refractivity contribution >= 4 is 23.6 Å². The second kappa shape index (κ2) is 6.39. The van der Waals surface area contributed by atoms with Crippen LogP contribution in [-0.4, -0.2) is 22.7 Å². The Morgan fingerprint density at radius 1 is 1.50 bits per heavy atom. The molecule has 0 bridgehead atoms. The summed E-state index contributed by atoms with van der Waals surface area (Å²) in [5, 5.41) is 8.69. The summed E-state index contributed by atoms with van der Waals surface area (Å²) in [5.74, 6) is -1.74. The molecule has 1 aromatic rings. The molecule has 0 saturated carbocycles. The molecule has 0 spiro atoms. The minimum absolute atomic E-state index is 0.125. The molecule has 0 radical (unpaired) electrons. The van der Waals surface area contributed by atoms with Gasteiger partial charge in [0.05, 0.1) is 5.92 Å². The molecular weight excluding hydrogens is 257 g/mol. The van der Waals surface area contributed by atoms with Gasteiger partial charge in [-0.05, 0) is 17.7 Å². The number of carboxylic acids is 1. The molecule has 6 heteroatoms. The lowest BCUT2D eigenvalue weighted by atomic mass is 10.1. The molecule has 0 heterocycles. The minimum atomic E-state index is -0.868. The topological polar surface area (TPSA) is 80.4 Å². The first-order chi connectivity index (χ1) is 8.41. The van der Waals surface area contributed by atoms with Gasteiger partial charge in [-0.1, -0.05) is 13.0 Å². The second-order valence-electron chi connectivity index (χ2n) is 3.92. The van der Waals surface area contributed by atoms with Crippen LogP contribution in [0.1, 0.15) is 22.8 Å². The van der Waals surface area contributed by atoms with E-state index < -0.39 is 23.6 Å². The summed E-state index contributed by atoms with van der Waals surface area (Å²) in [4.78, 5) is 21.4. The van der Waals surface area contributed by atoms with Crippen LogP contribution in [0.4, 0.5) is 4.39 Å². The number of carbonyl (C=O) groups excluding carboxylic acids is 1. The number of hydrogen-bond donors (Lipinski definition) is 2. The molecule has 4 nitrogen and oxygen atoms in total. The van der Waals surface area contributed by atoms with Gasteiger partial charge in [0, 0.05) is 17.1 Å². The van der Waals surface area contributed by atoms with Crippen LogP contribution >= 0.6 is 11.8 Å². The number of halogens is 1. The summed E-state index contributed by atoms with van der Waals surface area (Å²) in [5.41, 5.74) is 5.59. The van der Waals surface area contributed by atoms with Gasteiger partial charge < -0.3 is 10.8 Å². The highest BCUT2D eigenvalue weighted by atomic mass is 32.2. The monoisotopic (exact) mass is 271 g/mol. The molecule has 0 fully saturated rings. The van der Waals surface area contributed by atoms with Crippen LogP contribution in [0.25, 0.3) is 0 Å². The van der Waals surface area contributed by atoms with Crippen molar-refractivity contribution in [2.75, 3.05) is 5.75 Å². The van der Waals surface area contributed by atoms with Crippen molar-refractivity contribution < 1.29 is 19.1 Å². The first kappa shape index (κ1) is 14.5. The van der Waals surface area contributed by atoms with E-state index in [0.29, 0.717) is 17.1 Å². The summed E-state index contributed by atoms with van der Waals surface area (Å²) >= 11 is 1.33. The van der Waals surface area contributed by atoms with Crippen molar-refractivity contribution in [2.24, 2.45) is 11.7 Å². The molecule has 1 aromatic carbocycles. The highest BCUT2D eigenvalue weighted by molar-refractivity contribution is 7.98. The van der Waals surface area contributed by atoms with E-state index in [1.165, 1.54) is 23.9 Å². The molecule has 1 amide bonds. The highest BCUT2D eigenvalue weighted by Gasteiger charge is 2.12. The number of amides is 1. The largest absolute Gasteiger partial charge is 0.481 e. The van der Waals surface area contributed by atoms with E-state index in [9.17, 15) is 14.0 Å².